The monoisotopic (exact) mass is 342 g/mol. The maximum atomic E-state index is 6.20. The fraction of sp³-hybridized carbons (Fsp3) is 0.238. The maximum Gasteiger partial charge on any atom is 0.0519 e. The summed E-state index contributed by atoms with van der Waals surface area (Å²) in [7, 11) is 1.85. The molecule has 0 heterocycles. The molecule has 24 heavy (non-hydrogen) atoms. The van der Waals surface area contributed by atoms with E-state index in [2.05, 4.69) is 43.4 Å². The van der Waals surface area contributed by atoms with Gasteiger partial charge in [0.2, 0.25) is 0 Å². The number of aryl methyl sites for hydroxylation is 1. The molecule has 0 unspecified atom stereocenters. The van der Waals surface area contributed by atoms with Gasteiger partial charge in [-0.25, -0.2) is 0 Å². The van der Waals surface area contributed by atoms with Gasteiger partial charge in [0.1, 0.15) is 0 Å². The smallest absolute Gasteiger partial charge is 0.0519 e. The third-order valence-electron chi connectivity index (χ3n) is 4.00. The van der Waals surface area contributed by atoms with Crippen molar-refractivity contribution in [1.82, 2.24) is 5.32 Å². The lowest BCUT2D eigenvalue weighted by molar-refractivity contribution is 1.00. The van der Waals surface area contributed by atoms with E-state index in [1.165, 1.54) is 5.56 Å². The van der Waals surface area contributed by atoms with Gasteiger partial charge in [-0.15, -0.1) is 0 Å². The third-order valence-corrected chi connectivity index (χ3v) is 4.28. The van der Waals surface area contributed by atoms with E-state index in [1.807, 2.05) is 45.2 Å². The third kappa shape index (κ3) is 4.42. The molecule has 2 nitrogen and oxygen atoms in total. The van der Waals surface area contributed by atoms with Crippen molar-refractivity contribution in [1.29, 1.82) is 0 Å². The second kappa shape index (κ2) is 9.19. The zero-order chi connectivity index (χ0) is 18.3. The molecule has 1 aromatic rings. The molecule has 0 saturated heterocycles. The molecular weight excluding hydrogens is 316 g/mol. The average Bonchev–Trinajstić information content (AvgIpc) is 2.60. The van der Waals surface area contributed by atoms with Crippen molar-refractivity contribution in [2.24, 2.45) is 0 Å². The molecule has 0 saturated carbocycles. The Morgan fingerprint density at radius 1 is 1.29 bits per heavy atom. The van der Waals surface area contributed by atoms with E-state index < -0.39 is 0 Å². The zero-order valence-electron chi connectivity index (χ0n) is 15.1. The van der Waals surface area contributed by atoms with Crippen molar-refractivity contribution in [2.45, 2.75) is 27.2 Å². The maximum absolute atomic E-state index is 6.20. The number of hydrogen-bond acceptors (Lipinski definition) is 2. The van der Waals surface area contributed by atoms with Crippen molar-refractivity contribution in [3.05, 3.63) is 82.7 Å². The topological polar surface area (TPSA) is 24.1 Å². The summed E-state index contributed by atoms with van der Waals surface area (Å²) >= 11 is 6.20. The lowest BCUT2D eigenvalue weighted by atomic mass is 10.0. The summed E-state index contributed by atoms with van der Waals surface area (Å²) in [4.78, 5) is 0. The van der Waals surface area contributed by atoms with Gasteiger partial charge in [0.15, 0.2) is 0 Å². The van der Waals surface area contributed by atoms with E-state index in [0.717, 1.165) is 40.2 Å². The van der Waals surface area contributed by atoms with Crippen LogP contribution in [0.1, 0.15) is 31.9 Å². The van der Waals surface area contributed by atoms with Crippen molar-refractivity contribution in [3.8, 4) is 0 Å². The van der Waals surface area contributed by atoms with Crippen LogP contribution in [0.3, 0.4) is 0 Å². The largest absolute Gasteiger partial charge is 0.388 e. The summed E-state index contributed by atoms with van der Waals surface area (Å²) in [6, 6.07) is 6.19. The molecule has 0 aliphatic heterocycles. The predicted octanol–water partition coefficient (Wildman–Crippen LogP) is 6.01. The highest BCUT2D eigenvalue weighted by molar-refractivity contribution is 6.31. The van der Waals surface area contributed by atoms with Crippen LogP contribution >= 0.6 is 11.6 Å². The minimum atomic E-state index is 0.495. The van der Waals surface area contributed by atoms with Crippen molar-refractivity contribution < 1.29 is 0 Å². The van der Waals surface area contributed by atoms with E-state index in [-0.39, 0.29) is 0 Å². The molecule has 1 aromatic carbocycles. The van der Waals surface area contributed by atoms with E-state index in [4.69, 9.17) is 11.6 Å². The molecule has 128 valence electrons. The van der Waals surface area contributed by atoms with E-state index in [0.29, 0.717) is 5.03 Å². The minimum absolute atomic E-state index is 0.495. The standard InChI is InChI=1S/C21H27ClN2/c1-8-17-12-11-13-18(9-2)21(17)24-20(14(4)15(5)22)19(10-3)16(6)23-7/h8,10-13,23-24H,1,5-6,9H2,2-4,7H3/b19-10-,20-14+. The van der Waals surface area contributed by atoms with Gasteiger partial charge in [-0.3, -0.25) is 0 Å². The first-order valence-electron chi connectivity index (χ1n) is 8.01. The number of anilines is 1. The first-order chi connectivity index (χ1) is 11.4. The first-order valence-corrected chi connectivity index (χ1v) is 8.39. The minimum Gasteiger partial charge on any atom is -0.388 e. The van der Waals surface area contributed by atoms with Crippen LogP contribution in [-0.2, 0) is 6.42 Å². The normalized spacial score (nSPS) is 12.3. The lowest BCUT2D eigenvalue weighted by Gasteiger charge is -2.22. The fourth-order valence-electron chi connectivity index (χ4n) is 2.47. The average molecular weight is 343 g/mol. The molecule has 2 N–H and O–H groups in total. The molecule has 0 radical (unpaired) electrons. The number of allylic oxidation sites excluding steroid dienone is 3. The second-order valence-corrected chi connectivity index (χ2v) is 5.86. The highest BCUT2D eigenvalue weighted by Gasteiger charge is 2.15. The van der Waals surface area contributed by atoms with Gasteiger partial charge >= 0.3 is 0 Å². The van der Waals surface area contributed by atoms with Gasteiger partial charge in [0, 0.05) is 29.0 Å². The van der Waals surface area contributed by atoms with Crippen LogP contribution in [0.15, 0.2) is 71.6 Å². The van der Waals surface area contributed by atoms with Crippen LogP contribution in [0.4, 0.5) is 5.69 Å². The summed E-state index contributed by atoms with van der Waals surface area (Å²) in [5.74, 6) is 0. The summed E-state index contributed by atoms with van der Waals surface area (Å²) in [6.07, 6.45) is 4.77. The Hall–Kier alpha value is -2.19. The van der Waals surface area contributed by atoms with Gasteiger partial charge in [-0.2, -0.15) is 0 Å². The van der Waals surface area contributed by atoms with Gasteiger partial charge in [-0.1, -0.05) is 68.6 Å². The quantitative estimate of drug-likeness (QED) is 0.565. The summed E-state index contributed by atoms with van der Waals surface area (Å²) in [6.45, 7) is 17.9. The molecule has 0 aliphatic carbocycles. The summed E-state index contributed by atoms with van der Waals surface area (Å²) in [5, 5.41) is 7.16. The SMILES string of the molecule is C=Cc1cccc(CC)c1NC(/C(=C\C)C(=C)NC)=C(\C)C(=C)Cl. The van der Waals surface area contributed by atoms with Crippen molar-refractivity contribution in [3.63, 3.8) is 0 Å². The molecule has 0 atom stereocenters. The van der Waals surface area contributed by atoms with Gasteiger partial charge in [0.05, 0.1) is 5.70 Å². The highest BCUT2D eigenvalue weighted by Crippen LogP contribution is 2.31. The van der Waals surface area contributed by atoms with E-state index in [9.17, 15) is 0 Å². The molecule has 0 spiro atoms. The number of rotatable bonds is 8. The van der Waals surface area contributed by atoms with Gasteiger partial charge < -0.3 is 10.6 Å². The zero-order valence-corrected chi connectivity index (χ0v) is 15.8. The molecule has 0 aromatic heterocycles. The lowest BCUT2D eigenvalue weighted by Crippen LogP contribution is -2.15. The number of hydrogen-bond donors (Lipinski definition) is 2. The molecule has 0 aliphatic rings. The van der Waals surface area contributed by atoms with Crippen LogP contribution in [0.25, 0.3) is 6.08 Å². The predicted molar refractivity (Wildman–Crippen MR) is 109 cm³/mol. The highest BCUT2D eigenvalue weighted by atomic mass is 35.5. The van der Waals surface area contributed by atoms with E-state index in [1.54, 1.807) is 0 Å². The van der Waals surface area contributed by atoms with Crippen LogP contribution < -0.4 is 10.6 Å². The Bertz CT molecular complexity index is 709. The Labute approximate surface area is 151 Å². The Morgan fingerprint density at radius 3 is 2.42 bits per heavy atom. The fourth-order valence-corrected chi connectivity index (χ4v) is 2.56. The Balaban J connectivity index is 3.57. The van der Waals surface area contributed by atoms with Crippen LogP contribution in [0.2, 0.25) is 0 Å². The molecule has 0 fully saturated rings. The summed E-state index contributed by atoms with van der Waals surface area (Å²) < 4.78 is 0. The summed E-state index contributed by atoms with van der Waals surface area (Å²) in [5.41, 5.74) is 6.83. The molecular formula is C21H27ClN2. The number of para-hydroxylation sites is 1. The van der Waals surface area contributed by atoms with Crippen LogP contribution in [0.5, 0.6) is 0 Å². The molecule has 1 rings (SSSR count). The number of likely N-dealkylation sites (N-methyl/N-ethyl adjacent to an activating group) is 1. The molecule has 0 amide bonds. The van der Waals surface area contributed by atoms with Crippen LogP contribution in [-0.4, -0.2) is 7.05 Å². The van der Waals surface area contributed by atoms with E-state index >= 15 is 0 Å². The van der Waals surface area contributed by atoms with Gasteiger partial charge in [0.25, 0.3) is 0 Å². The van der Waals surface area contributed by atoms with Gasteiger partial charge in [-0.05, 0) is 37.0 Å². The second-order valence-electron chi connectivity index (χ2n) is 5.40. The van der Waals surface area contributed by atoms with Crippen LogP contribution in [0, 0.1) is 0 Å². The first kappa shape index (κ1) is 19.9. The van der Waals surface area contributed by atoms with Crippen molar-refractivity contribution in [2.75, 3.05) is 12.4 Å². The Kier molecular flexibility index (Phi) is 7.60. The number of halogens is 1. The molecule has 3 heteroatoms. The Morgan fingerprint density at radius 2 is 1.96 bits per heavy atom. The number of benzene rings is 1. The number of nitrogens with one attached hydrogen (secondary N) is 2. The molecule has 0 bridgehead atoms. The van der Waals surface area contributed by atoms with Crippen molar-refractivity contribution >= 4 is 23.4 Å².